The predicted molar refractivity (Wildman–Crippen MR) is 74.3 cm³/mol. The number of aryl methyl sites for hydroxylation is 2. The van der Waals surface area contributed by atoms with Crippen molar-refractivity contribution in [1.29, 1.82) is 0 Å². The SMILES string of the molecule is Cc1ccc(C(N)CCc2ccc3c(c2)CCO3)o1. The highest BCUT2D eigenvalue weighted by molar-refractivity contribution is 5.39. The molecule has 1 unspecified atom stereocenters. The number of furan rings is 1. The van der Waals surface area contributed by atoms with E-state index in [9.17, 15) is 0 Å². The molecule has 0 saturated heterocycles. The van der Waals surface area contributed by atoms with Crippen molar-refractivity contribution in [1.82, 2.24) is 0 Å². The largest absolute Gasteiger partial charge is 0.493 e. The molecule has 1 atom stereocenters. The quantitative estimate of drug-likeness (QED) is 0.915. The van der Waals surface area contributed by atoms with E-state index in [0.717, 1.165) is 43.1 Å². The second-order valence-electron chi connectivity index (χ2n) is 5.13. The lowest BCUT2D eigenvalue weighted by Gasteiger charge is -2.09. The van der Waals surface area contributed by atoms with Gasteiger partial charge in [-0.2, -0.15) is 0 Å². The fourth-order valence-corrected chi connectivity index (χ4v) is 2.51. The third-order valence-electron chi connectivity index (χ3n) is 3.62. The van der Waals surface area contributed by atoms with Crippen molar-refractivity contribution in [3.05, 3.63) is 53.0 Å². The molecule has 0 aliphatic carbocycles. The first kappa shape index (κ1) is 12.3. The number of hydrogen-bond acceptors (Lipinski definition) is 3. The van der Waals surface area contributed by atoms with Crippen LogP contribution < -0.4 is 10.5 Å². The van der Waals surface area contributed by atoms with E-state index in [1.54, 1.807) is 0 Å². The van der Waals surface area contributed by atoms with Crippen molar-refractivity contribution in [2.45, 2.75) is 32.2 Å². The predicted octanol–water partition coefficient (Wildman–Crippen LogP) is 3.16. The Balaban J connectivity index is 1.63. The average Bonchev–Trinajstić information content (AvgIpc) is 3.03. The van der Waals surface area contributed by atoms with Gasteiger partial charge in [0.05, 0.1) is 12.6 Å². The van der Waals surface area contributed by atoms with Crippen LogP contribution in [-0.2, 0) is 12.8 Å². The molecule has 0 saturated carbocycles. The lowest BCUT2D eigenvalue weighted by atomic mass is 10.0. The van der Waals surface area contributed by atoms with Crippen LogP contribution in [-0.4, -0.2) is 6.61 Å². The summed E-state index contributed by atoms with van der Waals surface area (Å²) in [6.07, 6.45) is 2.88. The second kappa shape index (κ2) is 5.10. The van der Waals surface area contributed by atoms with E-state index >= 15 is 0 Å². The van der Waals surface area contributed by atoms with Crippen molar-refractivity contribution in [3.8, 4) is 5.75 Å². The van der Waals surface area contributed by atoms with Gasteiger partial charge in [-0.05, 0) is 49.1 Å². The number of nitrogens with two attached hydrogens (primary N) is 1. The van der Waals surface area contributed by atoms with Crippen LogP contribution in [0.5, 0.6) is 5.75 Å². The molecule has 2 N–H and O–H groups in total. The minimum absolute atomic E-state index is 0.0294. The summed E-state index contributed by atoms with van der Waals surface area (Å²) in [5.41, 5.74) is 8.79. The van der Waals surface area contributed by atoms with Crippen LogP contribution in [0.3, 0.4) is 0 Å². The minimum Gasteiger partial charge on any atom is -0.493 e. The second-order valence-corrected chi connectivity index (χ2v) is 5.13. The molecule has 3 rings (SSSR count). The number of hydrogen-bond donors (Lipinski definition) is 1. The van der Waals surface area contributed by atoms with E-state index in [4.69, 9.17) is 14.9 Å². The van der Waals surface area contributed by atoms with Crippen molar-refractivity contribution >= 4 is 0 Å². The van der Waals surface area contributed by atoms with Gasteiger partial charge in [-0.3, -0.25) is 0 Å². The zero-order chi connectivity index (χ0) is 13.2. The lowest BCUT2D eigenvalue weighted by Crippen LogP contribution is -2.10. The van der Waals surface area contributed by atoms with Gasteiger partial charge in [-0.1, -0.05) is 12.1 Å². The molecule has 1 aliphatic rings. The number of fused-ring (bicyclic) bond motifs is 1. The Kier molecular flexibility index (Phi) is 3.30. The van der Waals surface area contributed by atoms with E-state index in [-0.39, 0.29) is 6.04 Å². The van der Waals surface area contributed by atoms with Crippen molar-refractivity contribution < 1.29 is 9.15 Å². The monoisotopic (exact) mass is 257 g/mol. The van der Waals surface area contributed by atoms with Gasteiger partial charge < -0.3 is 14.9 Å². The van der Waals surface area contributed by atoms with Gasteiger partial charge in [0.1, 0.15) is 17.3 Å². The molecule has 2 heterocycles. The topological polar surface area (TPSA) is 48.4 Å². The highest BCUT2D eigenvalue weighted by Gasteiger charge is 2.14. The number of benzene rings is 1. The first-order chi connectivity index (χ1) is 9.22. The molecule has 0 bridgehead atoms. The van der Waals surface area contributed by atoms with Crippen LogP contribution in [0.1, 0.15) is 35.1 Å². The Labute approximate surface area is 113 Å². The molecule has 100 valence electrons. The molecule has 0 radical (unpaired) electrons. The van der Waals surface area contributed by atoms with Crippen molar-refractivity contribution in [2.75, 3.05) is 6.61 Å². The Morgan fingerprint density at radius 3 is 2.95 bits per heavy atom. The molecule has 1 aromatic heterocycles. The lowest BCUT2D eigenvalue weighted by molar-refractivity contribution is 0.357. The summed E-state index contributed by atoms with van der Waals surface area (Å²) < 4.78 is 11.1. The number of ether oxygens (including phenoxy) is 1. The maximum atomic E-state index is 6.15. The van der Waals surface area contributed by atoms with E-state index < -0.39 is 0 Å². The Morgan fingerprint density at radius 2 is 2.16 bits per heavy atom. The summed E-state index contributed by atoms with van der Waals surface area (Å²) in [4.78, 5) is 0. The Bertz CT molecular complexity index is 574. The van der Waals surface area contributed by atoms with Crippen LogP contribution in [0.25, 0.3) is 0 Å². The summed E-state index contributed by atoms with van der Waals surface area (Å²) in [6, 6.07) is 10.3. The summed E-state index contributed by atoms with van der Waals surface area (Å²) in [5, 5.41) is 0. The molecule has 3 heteroatoms. The highest BCUT2D eigenvalue weighted by atomic mass is 16.5. The summed E-state index contributed by atoms with van der Waals surface area (Å²) >= 11 is 0. The summed E-state index contributed by atoms with van der Waals surface area (Å²) in [7, 11) is 0. The fourth-order valence-electron chi connectivity index (χ4n) is 2.51. The molecule has 0 amide bonds. The first-order valence-electron chi connectivity index (χ1n) is 6.79. The third kappa shape index (κ3) is 2.66. The van der Waals surface area contributed by atoms with Crippen LogP contribution in [0.4, 0.5) is 0 Å². The van der Waals surface area contributed by atoms with Gasteiger partial charge in [0.15, 0.2) is 0 Å². The van der Waals surface area contributed by atoms with Crippen molar-refractivity contribution in [3.63, 3.8) is 0 Å². The first-order valence-corrected chi connectivity index (χ1v) is 6.79. The Morgan fingerprint density at radius 1 is 1.26 bits per heavy atom. The maximum absolute atomic E-state index is 6.15. The fraction of sp³-hybridized carbons (Fsp3) is 0.375. The Hall–Kier alpha value is -1.74. The number of rotatable bonds is 4. The molecule has 3 nitrogen and oxygen atoms in total. The molecule has 0 spiro atoms. The summed E-state index contributed by atoms with van der Waals surface area (Å²) in [5.74, 6) is 2.83. The zero-order valence-electron chi connectivity index (χ0n) is 11.2. The van der Waals surface area contributed by atoms with Gasteiger partial charge in [-0.15, -0.1) is 0 Å². The average molecular weight is 257 g/mol. The third-order valence-corrected chi connectivity index (χ3v) is 3.62. The van der Waals surface area contributed by atoms with Crippen molar-refractivity contribution in [2.24, 2.45) is 5.73 Å². The van der Waals surface area contributed by atoms with Crippen LogP contribution in [0.15, 0.2) is 34.7 Å². The molecule has 2 aromatic rings. The summed E-state index contributed by atoms with van der Waals surface area (Å²) in [6.45, 7) is 2.75. The van der Waals surface area contributed by atoms with Crippen LogP contribution >= 0.6 is 0 Å². The van der Waals surface area contributed by atoms with Gasteiger partial charge in [0.2, 0.25) is 0 Å². The van der Waals surface area contributed by atoms with Gasteiger partial charge in [0.25, 0.3) is 0 Å². The molecule has 1 aliphatic heterocycles. The molecular formula is C16H19NO2. The van der Waals surface area contributed by atoms with Gasteiger partial charge in [-0.25, -0.2) is 0 Å². The maximum Gasteiger partial charge on any atom is 0.122 e. The van der Waals surface area contributed by atoms with E-state index in [1.807, 2.05) is 19.1 Å². The normalized spacial score (nSPS) is 15.1. The van der Waals surface area contributed by atoms with Crippen LogP contribution in [0, 0.1) is 6.92 Å². The van der Waals surface area contributed by atoms with Gasteiger partial charge in [0, 0.05) is 6.42 Å². The van der Waals surface area contributed by atoms with E-state index in [1.165, 1.54) is 11.1 Å². The molecule has 19 heavy (non-hydrogen) atoms. The minimum atomic E-state index is -0.0294. The zero-order valence-corrected chi connectivity index (χ0v) is 11.2. The van der Waals surface area contributed by atoms with E-state index in [2.05, 4.69) is 18.2 Å². The smallest absolute Gasteiger partial charge is 0.122 e. The highest BCUT2D eigenvalue weighted by Crippen LogP contribution is 2.27. The molecule has 0 fully saturated rings. The molecule has 1 aromatic carbocycles. The molecular weight excluding hydrogens is 238 g/mol. The van der Waals surface area contributed by atoms with Crippen LogP contribution in [0.2, 0.25) is 0 Å². The standard InChI is InChI=1S/C16H19NO2/c1-11-2-6-16(19-11)14(17)5-3-12-4-7-15-13(10-12)8-9-18-15/h2,4,6-7,10,14H,3,5,8-9,17H2,1H3. The van der Waals surface area contributed by atoms with E-state index in [0.29, 0.717) is 0 Å². The van der Waals surface area contributed by atoms with Gasteiger partial charge >= 0.3 is 0 Å².